The van der Waals surface area contributed by atoms with Crippen LogP contribution in [-0.4, -0.2) is 34.4 Å². The van der Waals surface area contributed by atoms with E-state index >= 15 is 0 Å². The van der Waals surface area contributed by atoms with Gasteiger partial charge in [0.2, 0.25) is 0 Å². The van der Waals surface area contributed by atoms with Crippen molar-refractivity contribution in [3.8, 4) is 0 Å². The molecule has 1 aromatic heterocycles. The predicted octanol–water partition coefficient (Wildman–Crippen LogP) is 1.04. The second-order valence-electron chi connectivity index (χ2n) is 5.53. The lowest BCUT2D eigenvalue weighted by molar-refractivity contribution is 0.0937. The minimum absolute atomic E-state index is 0.0928. The van der Waals surface area contributed by atoms with Gasteiger partial charge in [0, 0.05) is 24.2 Å². The zero-order valence-electron chi connectivity index (χ0n) is 11.1. The summed E-state index contributed by atoms with van der Waals surface area (Å²) < 4.78 is 0. The normalized spacial score (nSPS) is 16.2. The van der Waals surface area contributed by atoms with Crippen LogP contribution in [0.3, 0.4) is 0 Å². The van der Waals surface area contributed by atoms with Crippen molar-refractivity contribution in [3.05, 3.63) is 23.9 Å². The van der Waals surface area contributed by atoms with Crippen molar-refractivity contribution >= 4 is 22.5 Å². The number of anilines is 1. The number of nitrogens with one attached hydrogen (secondary N) is 2. The van der Waals surface area contributed by atoms with Gasteiger partial charge in [0.05, 0.1) is 5.52 Å². The van der Waals surface area contributed by atoms with Crippen molar-refractivity contribution in [1.82, 2.24) is 15.5 Å². The van der Waals surface area contributed by atoms with Crippen LogP contribution >= 0.6 is 0 Å². The lowest BCUT2D eigenvalue weighted by atomic mass is 10.0. The van der Waals surface area contributed by atoms with Crippen molar-refractivity contribution in [1.29, 1.82) is 0 Å². The number of amides is 1. The number of carbonyl (C=O) groups excluding carboxylic acids is 1. The fraction of sp³-hybridized carbons (Fsp3) is 0.429. The number of fused-ring (bicyclic) bond motifs is 1. The molecule has 3 rings (SSSR count). The molecule has 106 valence electrons. The molecule has 20 heavy (non-hydrogen) atoms. The smallest absolute Gasteiger partial charge is 0.272 e. The first kappa shape index (κ1) is 12.9. The van der Waals surface area contributed by atoms with Crippen molar-refractivity contribution in [2.75, 3.05) is 18.9 Å². The Balaban J connectivity index is 1.74. The summed E-state index contributed by atoms with van der Waals surface area (Å²) in [5.74, 6) is -0.203. The maximum absolute atomic E-state index is 12.2. The SMILES string of the molecule is Nc1ccc2[nH]nc(C(=O)NCC3(CCO)CC3)c2c1. The summed E-state index contributed by atoms with van der Waals surface area (Å²) in [6.45, 7) is 0.751. The molecule has 1 saturated carbocycles. The molecule has 6 nitrogen and oxygen atoms in total. The number of rotatable bonds is 5. The summed E-state index contributed by atoms with van der Waals surface area (Å²) in [4.78, 5) is 12.2. The Morgan fingerprint density at radius 2 is 2.30 bits per heavy atom. The average molecular weight is 274 g/mol. The number of carbonyl (C=O) groups is 1. The number of aliphatic hydroxyl groups is 1. The van der Waals surface area contributed by atoms with Gasteiger partial charge in [-0.3, -0.25) is 9.89 Å². The van der Waals surface area contributed by atoms with Crippen LogP contribution in [0, 0.1) is 5.41 Å². The quantitative estimate of drug-likeness (QED) is 0.611. The minimum atomic E-state index is -0.203. The Morgan fingerprint density at radius 3 is 3.00 bits per heavy atom. The van der Waals surface area contributed by atoms with Crippen molar-refractivity contribution in [2.24, 2.45) is 5.41 Å². The average Bonchev–Trinajstić information content (AvgIpc) is 3.07. The van der Waals surface area contributed by atoms with Gasteiger partial charge in [0.15, 0.2) is 5.69 Å². The Hall–Kier alpha value is -2.08. The van der Waals surface area contributed by atoms with E-state index in [2.05, 4.69) is 15.5 Å². The number of nitrogens with two attached hydrogens (primary N) is 1. The third kappa shape index (κ3) is 2.34. The first-order chi connectivity index (χ1) is 9.63. The first-order valence-electron chi connectivity index (χ1n) is 6.76. The predicted molar refractivity (Wildman–Crippen MR) is 76.2 cm³/mol. The summed E-state index contributed by atoms with van der Waals surface area (Å²) >= 11 is 0. The van der Waals surface area contributed by atoms with E-state index in [1.54, 1.807) is 12.1 Å². The highest BCUT2D eigenvalue weighted by Crippen LogP contribution is 2.47. The number of H-pyrrole nitrogens is 1. The number of nitrogen functional groups attached to an aromatic ring is 1. The van der Waals surface area contributed by atoms with Gasteiger partial charge in [-0.05, 0) is 42.9 Å². The molecule has 1 aliphatic carbocycles. The maximum atomic E-state index is 12.2. The summed E-state index contributed by atoms with van der Waals surface area (Å²) in [5.41, 5.74) is 7.60. The fourth-order valence-corrected chi connectivity index (χ4v) is 2.49. The van der Waals surface area contributed by atoms with Gasteiger partial charge in [0.1, 0.15) is 0 Å². The monoisotopic (exact) mass is 274 g/mol. The van der Waals surface area contributed by atoms with E-state index < -0.39 is 0 Å². The number of nitrogens with zero attached hydrogens (tertiary/aromatic N) is 1. The van der Waals surface area contributed by atoms with E-state index in [9.17, 15) is 4.79 Å². The van der Waals surface area contributed by atoms with Gasteiger partial charge in [-0.25, -0.2) is 0 Å². The Bertz CT molecular complexity index is 646. The highest BCUT2D eigenvalue weighted by Gasteiger charge is 2.42. The molecule has 0 atom stereocenters. The highest BCUT2D eigenvalue weighted by atomic mass is 16.3. The van der Waals surface area contributed by atoms with Gasteiger partial charge < -0.3 is 16.2 Å². The van der Waals surface area contributed by atoms with E-state index in [0.29, 0.717) is 17.9 Å². The third-order valence-corrected chi connectivity index (χ3v) is 4.03. The van der Waals surface area contributed by atoms with Gasteiger partial charge in [0.25, 0.3) is 5.91 Å². The molecule has 0 spiro atoms. The summed E-state index contributed by atoms with van der Waals surface area (Å²) in [7, 11) is 0. The molecule has 0 aliphatic heterocycles. The summed E-state index contributed by atoms with van der Waals surface area (Å²) in [6, 6.07) is 5.32. The molecule has 0 radical (unpaired) electrons. The lowest BCUT2D eigenvalue weighted by Gasteiger charge is -2.13. The summed E-state index contributed by atoms with van der Waals surface area (Å²) in [6.07, 6.45) is 2.85. The Kier molecular flexibility index (Phi) is 3.10. The largest absolute Gasteiger partial charge is 0.399 e. The zero-order chi connectivity index (χ0) is 14.2. The van der Waals surface area contributed by atoms with Gasteiger partial charge >= 0.3 is 0 Å². The maximum Gasteiger partial charge on any atom is 0.272 e. The standard InChI is InChI=1S/C14H18N4O2/c15-9-1-2-11-10(7-9)12(18-17-11)13(20)16-8-14(3-4-14)5-6-19/h1-2,7,19H,3-6,8,15H2,(H,16,20)(H,17,18). The van der Waals surface area contributed by atoms with Crippen LogP contribution in [0.5, 0.6) is 0 Å². The lowest BCUT2D eigenvalue weighted by Crippen LogP contribution is -2.31. The Morgan fingerprint density at radius 1 is 1.50 bits per heavy atom. The van der Waals surface area contributed by atoms with Crippen LogP contribution in [0.25, 0.3) is 10.9 Å². The van der Waals surface area contributed by atoms with Crippen LogP contribution in [0.1, 0.15) is 29.8 Å². The molecule has 1 aromatic carbocycles. The van der Waals surface area contributed by atoms with E-state index in [1.165, 1.54) is 0 Å². The molecule has 1 amide bonds. The van der Waals surface area contributed by atoms with Crippen molar-refractivity contribution < 1.29 is 9.90 Å². The third-order valence-electron chi connectivity index (χ3n) is 4.03. The molecule has 6 heteroatoms. The molecule has 0 bridgehead atoms. The highest BCUT2D eigenvalue weighted by molar-refractivity contribution is 6.05. The number of aromatic nitrogens is 2. The molecular formula is C14H18N4O2. The fourth-order valence-electron chi connectivity index (χ4n) is 2.49. The van der Waals surface area contributed by atoms with Crippen LogP contribution in [0.4, 0.5) is 5.69 Å². The number of aromatic amines is 1. The molecular weight excluding hydrogens is 256 g/mol. The number of aliphatic hydroxyl groups excluding tert-OH is 1. The first-order valence-corrected chi connectivity index (χ1v) is 6.76. The van der Waals surface area contributed by atoms with Crippen molar-refractivity contribution in [2.45, 2.75) is 19.3 Å². The number of hydrogen-bond donors (Lipinski definition) is 4. The molecule has 1 fully saturated rings. The molecule has 0 saturated heterocycles. The second-order valence-corrected chi connectivity index (χ2v) is 5.53. The minimum Gasteiger partial charge on any atom is -0.399 e. The van der Waals surface area contributed by atoms with Crippen LogP contribution in [0.15, 0.2) is 18.2 Å². The van der Waals surface area contributed by atoms with Gasteiger partial charge in [-0.2, -0.15) is 5.10 Å². The van der Waals surface area contributed by atoms with E-state index in [1.807, 2.05) is 6.07 Å². The van der Waals surface area contributed by atoms with E-state index in [4.69, 9.17) is 10.8 Å². The van der Waals surface area contributed by atoms with Crippen molar-refractivity contribution in [3.63, 3.8) is 0 Å². The Labute approximate surface area is 116 Å². The summed E-state index contributed by atoms with van der Waals surface area (Å²) in [5, 5.41) is 19.6. The molecule has 1 heterocycles. The van der Waals surface area contributed by atoms with Crippen LogP contribution < -0.4 is 11.1 Å². The van der Waals surface area contributed by atoms with Gasteiger partial charge in [-0.1, -0.05) is 0 Å². The second kappa shape index (κ2) is 4.79. The molecule has 5 N–H and O–H groups in total. The topological polar surface area (TPSA) is 104 Å². The van der Waals surface area contributed by atoms with E-state index in [-0.39, 0.29) is 17.9 Å². The van der Waals surface area contributed by atoms with Crippen LogP contribution in [-0.2, 0) is 0 Å². The number of benzene rings is 1. The van der Waals surface area contributed by atoms with Gasteiger partial charge in [-0.15, -0.1) is 0 Å². The van der Waals surface area contributed by atoms with E-state index in [0.717, 1.165) is 30.2 Å². The zero-order valence-corrected chi connectivity index (χ0v) is 11.1. The van der Waals surface area contributed by atoms with Crippen LogP contribution in [0.2, 0.25) is 0 Å². The molecule has 2 aromatic rings. The molecule has 1 aliphatic rings. The number of hydrogen-bond acceptors (Lipinski definition) is 4. The molecule has 0 unspecified atom stereocenters.